The van der Waals surface area contributed by atoms with Crippen molar-refractivity contribution in [3.05, 3.63) is 67.6 Å². The Bertz CT molecular complexity index is 647. The highest BCUT2D eigenvalue weighted by Crippen LogP contribution is 2.31. The molecule has 0 aliphatic rings. The zero-order chi connectivity index (χ0) is 16.4. The second-order valence-electron chi connectivity index (χ2n) is 5.85. The molecule has 0 heterocycles. The van der Waals surface area contributed by atoms with Crippen LogP contribution in [0.15, 0.2) is 45.3 Å². The molecule has 0 radical (unpaired) electrons. The van der Waals surface area contributed by atoms with Gasteiger partial charge in [-0.05, 0) is 60.4 Å². The van der Waals surface area contributed by atoms with Gasteiger partial charge in [-0.25, -0.2) is 0 Å². The summed E-state index contributed by atoms with van der Waals surface area (Å²) in [5.74, 6) is 0.0492. The summed E-state index contributed by atoms with van der Waals surface area (Å²) in [5, 5.41) is 0. The Morgan fingerprint density at radius 3 is 1.50 bits per heavy atom. The molecule has 1 nitrogen and oxygen atoms in total. The Morgan fingerprint density at radius 2 is 1.18 bits per heavy atom. The maximum Gasteiger partial charge on any atom is 0.147 e. The third-order valence-corrected chi connectivity index (χ3v) is 5.24. The van der Waals surface area contributed by atoms with Crippen LogP contribution in [-0.4, -0.2) is 5.78 Å². The molecule has 0 saturated heterocycles. The van der Waals surface area contributed by atoms with Gasteiger partial charge in [-0.1, -0.05) is 57.8 Å². The van der Waals surface area contributed by atoms with Gasteiger partial charge in [0.25, 0.3) is 0 Å². The van der Waals surface area contributed by atoms with E-state index in [1.54, 1.807) is 0 Å². The summed E-state index contributed by atoms with van der Waals surface area (Å²) in [6.45, 7) is 8.12. The molecule has 0 aliphatic carbocycles. The number of carbonyl (C=O) groups is 1. The SMILES string of the molecule is Cc1cc(Br)ccc1C(C)C(=O)C(C)c1ccc(Br)cc1C. The molecule has 3 heteroatoms. The third kappa shape index (κ3) is 3.69. The van der Waals surface area contributed by atoms with E-state index >= 15 is 0 Å². The molecule has 0 bridgehead atoms. The van der Waals surface area contributed by atoms with Gasteiger partial charge >= 0.3 is 0 Å². The van der Waals surface area contributed by atoms with Crippen LogP contribution in [0.5, 0.6) is 0 Å². The van der Waals surface area contributed by atoms with Gasteiger partial charge in [-0.3, -0.25) is 4.79 Å². The van der Waals surface area contributed by atoms with Gasteiger partial charge in [0.1, 0.15) is 5.78 Å². The fourth-order valence-corrected chi connectivity index (χ4v) is 3.88. The minimum atomic E-state index is -0.105. The van der Waals surface area contributed by atoms with Crippen LogP contribution >= 0.6 is 31.9 Å². The largest absolute Gasteiger partial charge is 0.298 e. The van der Waals surface area contributed by atoms with Gasteiger partial charge in [-0.2, -0.15) is 0 Å². The first-order chi connectivity index (χ1) is 10.3. The van der Waals surface area contributed by atoms with E-state index in [2.05, 4.69) is 57.8 Å². The van der Waals surface area contributed by atoms with Crippen LogP contribution in [0.4, 0.5) is 0 Å². The van der Waals surface area contributed by atoms with E-state index in [0.29, 0.717) is 0 Å². The smallest absolute Gasteiger partial charge is 0.147 e. The van der Waals surface area contributed by atoms with Crippen LogP contribution in [0, 0.1) is 13.8 Å². The Balaban J connectivity index is 2.29. The first-order valence-corrected chi connectivity index (χ1v) is 8.95. The number of hydrogen-bond acceptors (Lipinski definition) is 1. The van der Waals surface area contributed by atoms with Crippen molar-refractivity contribution >= 4 is 37.6 Å². The standard InChI is InChI=1S/C19H20Br2O/c1-11-9-15(20)5-7-17(11)13(3)19(22)14(4)18-8-6-16(21)10-12(18)2/h5-10,13-14H,1-4H3. The zero-order valence-electron chi connectivity index (χ0n) is 13.3. The van der Waals surface area contributed by atoms with E-state index in [4.69, 9.17) is 0 Å². The number of rotatable bonds is 4. The van der Waals surface area contributed by atoms with Crippen molar-refractivity contribution < 1.29 is 4.79 Å². The molecule has 2 rings (SSSR count). The van der Waals surface area contributed by atoms with Crippen molar-refractivity contribution in [1.29, 1.82) is 0 Å². The van der Waals surface area contributed by atoms with Gasteiger partial charge in [-0.15, -0.1) is 0 Å². The molecular weight excluding hydrogens is 404 g/mol. The predicted octanol–water partition coefficient (Wildman–Crippen LogP) is 6.30. The average Bonchev–Trinajstić information content (AvgIpc) is 2.45. The summed E-state index contributed by atoms with van der Waals surface area (Å²) >= 11 is 6.95. The molecule has 0 aromatic heterocycles. The summed E-state index contributed by atoms with van der Waals surface area (Å²) in [6.07, 6.45) is 0. The van der Waals surface area contributed by atoms with Gasteiger partial charge in [0.05, 0.1) is 0 Å². The van der Waals surface area contributed by atoms with Crippen molar-refractivity contribution in [1.82, 2.24) is 0 Å². The monoisotopic (exact) mass is 422 g/mol. The molecule has 0 fully saturated rings. The first-order valence-electron chi connectivity index (χ1n) is 7.37. The highest BCUT2D eigenvalue weighted by molar-refractivity contribution is 9.10. The normalized spacial score (nSPS) is 13.7. The van der Waals surface area contributed by atoms with Gasteiger partial charge in [0, 0.05) is 20.8 Å². The first kappa shape index (κ1) is 17.4. The van der Waals surface area contributed by atoms with Crippen LogP contribution in [0.1, 0.15) is 47.9 Å². The second kappa shape index (κ2) is 7.10. The van der Waals surface area contributed by atoms with Crippen molar-refractivity contribution in [3.63, 3.8) is 0 Å². The molecule has 2 unspecified atom stereocenters. The molecule has 0 aliphatic heterocycles. The van der Waals surface area contributed by atoms with E-state index in [9.17, 15) is 4.79 Å². The quantitative estimate of drug-likeness (QED) is 0.563. The Labute approximate surface area is 149 Å². The van der Waals surface area contributed by atoms with Crippen LogP contribution < -0.4 is 0 Å². The van der Waals surface area contributed by atoms with Crippen LogP contribution in [0.25, 0.3) is 0 Å². The van der Waals surface area contributed by atoms with E-state index < -0.39 is 0 Å². The Morgan fingerprint density at radius 1 is 0.818 bits per heavy atom. The lowest BCUT2D eigenvalue weighted by Gasteiger charge is -2.20. The van der Waals surface area contributed by atoms with Crippen LogP contribution in [0.2, 0.25) is 0 Å². The number of hydrogen-bond donors (Lipinski definition) is 0. The summed E-state index contributed by atoms with van der Waals surface area (Å²) in [5.41, 5.74) is 4.51. The third-order valence-electron chi connectivity index (χ3n) is 4.25. The van der Waals surface area contributed by atoms with Crippen molar-refractivity contribution in [2.75, 3.05) is 0 Å². The number of aryl methyl sites for hydroxylation is 2. The fraction of sp³-hybridized carbons (Fsp3) is 0.316. The molecule has 2 atom stereocenters. The number of Topliss-reactive ketones (excluding diaryl/α,β-unsaturated/α-hetero) is 1. The minimum Gasteiger partial charge on any atom is -0.298 e. The minimum absolute atomic E-state index is 0.105. The lowest BCUT2D eigenvalue weighted by atomic mass is 9.83. The van der Waals surface area contributed by atoms with Crippen LogP contribution in [0.3, 0.4) is 0 Å². The summed E-state index contributed by atoms with van der Waals surface area (Å²) in [6, 6.07) is 12.2. The molecular formula is C19H20Br2O. The highest BCUT2D eigenvalue weighted by Gasteiger charge is 2.24. The summed E-state index contributed by atoms with van der Waals surface area (Å²) < 4.78 is 2.09. The molecule has 0 N–H and O–H groups in total. The second-order valence-corrected chi connectivity index (χ2v) is 7.68. The maximum absolute atomic E-state index is 12.9. The predicted molar refractivity (Wildman–Crippen MR) is 99.6 cm³/mol. The number of benzene rings is 2. The zero-order valence-corrected chi connectivity index (χ0v) is 16.5. The molecule has 0 spiro atoms. The fourth-order valence-electron chi connectivity index (χ4n) is 2.93. The van der Waals surface area contributed by atoms with Crippen molar-refractivity contribution in [3.8, 4) is 0 Å². The maximum atomic E-state index is 12.9. The topological polar surface area (TPSA) is 17.1 Å². The van der Waals surface area contributed by atoms with Crippen molar-refractivity contribution in [2.24, 2.45) is 0 Å². The van der Waals surface area contributed by atoms with E-state index in [1.807, 2.05) is 38.1 Å². The van der Waals surface area contributed by atoms with E-state index in [-0.39, 0.29) is 17.6 Å². The molecule has 0 saturated carbocycles. The van der Waals surface area contributed by atoms with Crippen molar-refractivity contribution in [2.45, 2.75) is 39.5 Å². The van der Waals surface area contributed by atoms with Gasteiger partial charge in [0.2, 0.25) is 0 Å². The van der Waals surface area contributed by atoms with Gasteiger partial charge < -0.3 is 0 Å². The number of ketones is 1. The Kier molecular flexibility index (Phi) is 5.62. The van der Waals surface area contributed by atoms with E-state index in [0.717, 1.165) is 31.2 Å². The number of halogens is 2. The molecule has 22 heavy (non-hydrogen) atoms. The van der Waals surface area contributed by atoms with Gasteiger partial charge in [0.15, 0.2) is 0 Å². The lowest BCUT2D eigenvalue weighted by Crippen LogP contribution is -2.18. The molecule has 2 aromatic rings. The van der Waals surface area contributed by atoms with E-state index in [1.165, 1.54) is 0 Å². The highest BCUT2D eigenvalue weighted by atomic mass is 79.9. The summed E-state index contributed by atoms with van der Waals surface area (Å²) in [4.78, 5) is 12.9. The Hall–Kier alpha value is -0.930. The molecule has 0 amide bonds. The number of carbonyl (C=O) groups excluding carboxylic acids is 1. The van der Waals surface area contributed by atoms with Crippen LogP contribution in [-0.2, 0) is 4.79 Å². The average molecular weight is 424 g/mol. The molecule has 116 valence electrons. The molecule has 2 aromatic carbocycles. The summed E-state index contributed by atoms with van der Waals surface area (Å²) in [7, 11) is 0. The lowest BCUT2D eigenvalue weighted by molar-refractivity contribution is -0.121.